The van der Waals surface area contributed by atoms with Gasteiger partial charge in [0.25, 0.3) is 0 Å². The molecule has 1 aromatic rings. The van der Waals surface area contributed by atoms with Crippen molar-refractivity contribution in [3.63, 3.8) is 0 Å². The highest BCUT2D eigenvalue weighted by Crippen LogP contribution is 2.23. The Morgan fingerprint density at radius 1 is 1.23 bits per heavy atom. The second kappa shape index (κ2) is 9.30. The summed E-state index contributed by atoms with van der Waals surface area (Å²) in [6.45, 7) is 10.4. The number of nitrogens with one attached hydrogen (secondary N) is 1. The van der Waals surface area contributed by atoms with Crippen LogP contribution in [0.1, 0.15) is 31.7 Å². The fourth-order valence-electron chi connectivity index (χ4n) is 2.93. The van der Waals surface area contributed by atoms with Crippen molar-refractivity contribution >= 4 is 15.9 Å². The van der Waals surface area contributed by atoms with Gasteiger partial charge in [-0.2, -0.15) is 4.31 Å². The molecule has 1 amide bonds. The minimum absolute atomic E-state index is 0.0677. The van der Waals surface area contributed by atoms with E-state index in [0.717, 1.165) is 12.0 Å². The van der Waals surface area contributed by atoms with Crippen LogP contribution in [0.25, 0.3) is 0 Å². The average molecular weight is 380 g/mol. The Morgan fingerprint density at radius 2 is 1.85 bits per heavy atom. The lowest BCUT2D eigenvalue weighted by Crippen LogP contribution is -2.51. The van der Waals surface area contributed by atoms with E-state index in [2.05, 4.69) is 25.7 Å². The van der Waals surface area contributed by atoms with Crippen LogP contribution in [0.4, 0.5) is 0 Å². The van der Waals surface area contributed by atoms with Gasteiger partial charge in [0.05, 0.1) is 11.4 Å². The molecule has 1 atom stereocenters. The smallest absolute Gasteiger partial charge is 0.243 e. The topological polar surface area (TPSA) is 69.7 Å². The zero-order chi connectivity index (χ0) is 19.2. The molecule has 1 aliphatic rings. The number of hydrogen-bond acceptors (Lipinski definition) is 4. The molecule has 2 rings (SSSR count). The van der Waals surface area contributed by atoms with Gasteiger partial charge in [-0.25, -0.2) is 8.42 Å². The first-order valence-corrected chi connectivity index (χ1v) is 10.5. The monoisotopic (exact) mass is 379 g/mol. The van der Waals surface area contributed by atoms with Gasteiger partial charge >= 0.3 is 0 Å². The number of carbonyl (C=O) groups is 1. The molecule has 1 N–H and O–H groups in total. The molecule has 0 bridgehead atoms. The SMILES string of the molecule is C=CCNC(=O)CN1CCN(S(=O)(=O)c2ccc([C@@H](C)CC)cc2)CC1. The second-order valence-corrected chi connectivity index (χ2v) is 8.59. The van der Waals surface area contributed by atoms with Gasteiger partial charge in [0, 0.05) is 32.7 Å². The first-order valence-electron chi connectivity index (χ1n) is 9.08. The molecule has 0 spiro atoms. The molecule has 1 fully saturated rings. The maximum absolute atomic E-state index is 12.8. The Kier molecular flexibility index (Phi) is 7.37. The summed E-state index contributed by atoms with van der Waals surface area (Å²) in [6, 6.07) is 7.21. The number of rotatable bonds is 8. The molecular weight excluding hydrogens is 350 g/mol. The molecule has 1 saturated heterocycles. The fraction of sp³-hybridized carbons (Fsp3) is 0.526. The van der Waals surface area contributed by atoms with Crippen molar-refractivity contribution in [2.24, 2.45) is 0 Å². The first kappa shape index (κ1) is 20.6. The van der Waals surface area contributed by atoms with Crippen LogP contribution in [0.15, 0.2) is 41.8 Å². The Labute approximate surface area is 156 Å². The number of piperazine rings is 1. The Hall–Kier alpha value is -1.70. The van der Waals surface area contributed by atoms with Crippen LogP contribution >= 0.6 is 0 Å². The Balaban J connectivity index is 1.95. The van der Waals surface area contributed by atoms with Crippen LogP contribution in [-0.4, -0.2) is 62.8 Å². The van der Waals surface area contributed by atoms with Gasteiger partial charge in [-0.1, -0.05) is 32.1 Å². The molecule has 0 unspecified atom stereocenters. The van der Waals surface area contributed by atoms with Crippen LogP contribution in [0.3, 0.4) is 0 Å². The van der Waals surface area contributed by atoms with E-state index < -0.39 is 10.0 Å². The van der Waals surface area contributed by atoms with Crippen molar-refractivity contribution in [3.05, 3.63) is 42.5 Å². The molecule has 1 aliphatic heterocycles. The van der Waals surface area contributed by atoms with Gasteiger partial charge in [-0.05, 0) is 30.0 Å². The largest absolute Gasteiger partial charge is 0.352 e. The molecule has 0 saturated carbocycles. The maximum atomic E-state index is 12.8. The summed E-state index contributed by atoms with van der Waals surface area (Å²) in [4.78, 5) is 14.1. The number of sulfonamides is 1. The lowest BCUT2D eigenvalue weighted by atomic mass is 9.99. The van der Waals surface area contributed by atoms with Crippen LogP contribution in [0.2, 0.25) is 0 Å². The molecule has 26 heavy (non-hydrogen) atoms. The quantitative estimate of drug-likeness (QED) is 0.700. The Bertz CT molecular complexity index is 708. The van der Waals surface area contributed by atoms with Crippen molar-refractivity contribution < 1.29 is 13.2 Å². The van der Waals surface area contributed by atoms with Gasteiger partial charge in [-0.15, -0.1) is 6.58 Å². The van der Waals surface area contributed by atoms with E-state index in [0.29, 0.717) is 43.5 Å². The van der Waals surface area contributed by atoms with E-state index in [4.69, 9.17) is 0 Å². The molecule has 1 heterocycles. The van der Waals surface area contributed by atoms with Crippen LogP contribution < -0.4 is 5.32 Å². The summed E-state index contributed by atoms with van der Waals surface area (Å²) in [5.41, 5.74) is 1.15. The molecular formula is C19H29N3O3S. The van der Waals surface area contributed by atoms with E-state index >= 15 is 0 Å². The number of carbonyl (C=O) groups excluding carboxylic acids is 1. The standard InChI is InChI=1S/C19H29N3O3S/c1-4-10-20-19(23)15-21-11-13-22(14-12-21)26(24,25)18-8-6-17(7-9-18)16(3)5-2/h4,6-9,16H,1,5,10-15H2,2-3H3,(H,20,23)/t16-/m0/s1. The van der Waals surface area contributed by atoms with Crippen molar-refractivity contribution in [2.75, 3.05) is 39.3 Å². The predicted octanol–water partition coefficient (Wildman–Crippen LogP) is 1.81. The molecule has 6 nitrogen and oxygen atoms in total. The van der Waals surface area contributed by atoms with Gasteiger partial charge in [0.2, 0.25) is 15.9 Å². The summed E-state index contributed by atoms with van der Waals surface area (Å²) in [7, 11) is -3.48. The Morgan fingerprint density at radius 3 is 2.38 bits per heavy atom. The van der Waals surface area contributed by atoms with Gasteiger partial charge in [0.15, 0.2) is 0 Å². The van der Waals surface area contributed by atoms with Crippen molar-refractivity contribution in [3.8, 4) is 0 Å². The third-order valence-corrected chi connectivity index (χ3v) is 6.75. The lowest BCUT2D eigenvalue weighted by molar-refractivity contribution is -0.122. The molecule has 7 heteroatoms. The maximum Gasteiger partial charge on any atom is 0.243 e. The van der Waals surface area contributed by atoms with E-state index in [1.807, 2.05) is 17.0 Å². The number of hydrogen-bond donors (Lipinski definition) is 1. The van der Waals surface area contributed by atoms with E-state index in [-0.39, 0.29) is 12.5 Å². The lowest BCUT2D eigenvalue weighted by Gasteiger charge is -2.33. The summed E-state index contributed by atoms with van der Waals surface area (Å²) in [6.07, 6.45) is 2.66. The van der Waals surface area contributed by atoms with Gasteiger partial charge in [-0.3, -0.25) is 9.69 Å². The third kappa shape index (κ3) is 5.16. The first-order chi connectivity index (χ1) is 12.4. The summed E-state index contributed by atoms with van der Waals surface area (Å²) in [5, 5.41) is 2.74. The van der Waals surface area contributed by atoms with Gasteiger partial charge in [0.1, 0.15) is 0 Å². The minimum Gasteiger partial charge on any atom is -0.352 e. The van der Waals surface area contributed by atoms with Crippen LogP contribution in [-0.2, 0) is 14.8 Å². The van der Waals surface area contributed by atoms with Crippen LogP contribution in [0.5, 0.6) is 0 Å². The third-order valence-electron chi connectivity index (χ3n) is 4.84. The number of nitrogens with zero attached hydrogens (tertiary/aromatic N) is 2. The van der Waals surface area contributed by atoms with Crippen molar-refractivity contribution in [1.29, 1.82) is 0 Å². The highest BCUT2D eigenvalue weighted by atomic mass is 32.2. The highest BCUT2D eigenvalue weighted by molar-refractivity contribution is 7.89. The van der Waals surface area contributed by atoms with Gasteiger partial charge < -0.3 is 5.32 Å². The number of benzene rings is 1. The van der Waals surface area contributed by atoms with E-state index in [9.17, 15) is 13.2 Å². The fourth-order valence-corrected chi connectivity index (χ4v) is 4.35. The minimum atomic E-state index is -3.48. The highest BCUT2D eigenvalue weighted by Gasteiger charge is 2.29. The van der Waals surface area contributed by atoms with Crippen molar-refractivity contribution in [1.82, 2.24) is 14.5 Å². The average Bonchev–Trinajstić information content (AvgIpc) is 2.66. The molecule has 0 radical (unpaired) electrons. The number of amides is 1. The predicted molar refractivity (Wildman–Crippen MR) is 104 cm³/mol. The molecule has 0 aliphatic carbocycles. The van der Waals surface area contributed by atoms with E-state index in [1.165, 1.54) is 4.31 Å². The second-order valence-electron chi connectivity index (χ2n) is 6.65. The molecule has 0 aromatic heterocycles. The summed E-state index contributed by atoms with van der Waals surface area (Å²) >= 11 is 0. The van der Waals surface area contributed by atoms with Crippen molar-refractivity contribution in [2.45, 2.75) is 31.1 Å². The molecule has 1 aromatic carbocycles. The zero-order valence-electron chi connectivity index (χ0n) is 15.6. The normalized spacial score (nSPS) is 17.6. The van der Waals surface area contributed by atoms with E-state index in [1.54, 1.807) is 18.2 Å². The summed E-state index contributed by atoms with van der Waals surface area (Å²) < 4.78 is 27.2. The van der Waals surface area contributed by atoms with Crippen LogP contribution in [0, 0.1) is 0 Å². The zero-order valence-corrected chi connectivity index (χ0v) is 16.5. The summed E-state index contributed by atoms with van der Waals surface area (Å²) in [5.74, 6) is 0.351. The molecule has 144 valence electrons.